The highest BCUT2D eigenvalue weighted by molar-refractivity contribution is 6.22. The minimum Gasteiger partial charge on any atom is -0.309 e. The van der Waals surface area contributed by atoms with Crippen LogP contribution in [0.25, 0.3) is 280 Å². The fourth-order valence-corrected chi connectivity index (χ4v) is 24.0. The number of hydrogen-bond acceptors (Lipinski definition) is 4. The summed E-state index contributed by atoms with van der Waals surface area (Å²) in [4.78, 5) is 21.8. The molecule has 7 aromatic heterocycles. The Morgan fingerprint density at radius 2 is 0.507 bits per heavy atom. The molecule has 0 bridgehead atoms. The van der Waals surface area contributed by atoms with Crippen molar-refractivity contribution < 1.29 is 0 Å². The molecule has 660 valence electrons. The van der Waals surface area contributed by atoms with Crippen molar-refractivity contribution >= 4 is 196 Å². The van der Waals surface area contributed by atoms with Crippen molar-refractivity contribution in [2.75, 3.05) is 0 Å². The Bertz CT molecular complexity index is 10700. The third-order valence-electron chi connectivity index (χ3n) is 30.5. The van der Waals surface area contributed by atoms with E-state index in [1.54, 1.807) is 0 Å². The minimum absolute atomic E-state index is 0.127. The Balaban J connectivity index is 0.000000133. The van der Waals surface area contributed by atoms with Crippen molar-refractivity contribution in [2.45, 2.75) is 19.3 Å². The number of fused-ring (bicyclic) bond motifs is 26. The molecular weight excluding hydrogens is 1720 g/mol. The second-order valence-electron chi connectivity index (χ2n) is 38.7. The normalized spacial score (nSPS) is 12.6. The Hall–Kier alpha value is -18.7. The van der Waals surface area contributed by atoms with E-state index in [2.05, 4.69) is 480 Å². The highest BCUT2D eigenvalue weighted by atomic mass is 15.0. The van der Waals surface area contributed by atoms with Crippen molar-refractivity contribution in [3.8, 4) is 84.6 Å². The molecule has 0 N–H and O–H groups in total. The molecule has 0 amide bonds. The molecule has 0 fully saturated rings. The molecule has 0 saturated carbocycles. The van der Waals surface area contributed by atoms with Crippen molar-refractivity contribution in [3.63, 3.8) is 0 Å². The van der Waals surface area contributed by atoms with Crippen molar-refractivity contribution in [1.82, 2.24) is 42.8 Å². The van der Waals surface area contributed by atoms with E-state index in [4.69, 9.17) is 19.9 Å². The smallest absolute Gasteiger partial charge is 0.0980 e. The number of hydrogen-bond donors (Lipinski definition) is 0. The highest BCUT2D eigenvalue weighted by Gasteiger charge is 2.38. The molecule has 9 nitrogen and oxygen atoms in total. The molecule has 0 atom stereocenters. The highest BCUT2D eigenvalue weighted by Crippen LogP contribution is 2.54. The maximum Gasteiger partial charge on any atom is 0.0980 e. The Labute approximate surface area is 814 Å². The largest absolute Gasteiger partial charge is 0.309 e. The van der Waals surface area contributed by atoms with E-state index in [1.165, 1.54) is 147 Å². The number of nitrogens with zero attached hydrogens (tertiary/aromatic N) is 9. The SMILES string of the molecule is CC1(C)c2ccccc2-c2c(-c3nc4ccccc4nc3-c3ccc4cc(-n5c6cc(-n7c8ccccc8c8cc9ccccc9cc87)ccc6c6cc7ccccc7cc65)ccc4c3)cccc21.c1ccc(-n2c3ccccc3c3c(-c4nc5ccccc5nc4-c4ccc5c(-n6c7cc(-n8c9ccccc9c9cc%10ccccc%10cc98)ccc7c7cc8ccccc8cc76)cccc5c4)cccc32)cc1. The van der Waals surface area contributed by atoms with Gasteiger partial charge in [-0.3, -0.25) is 0 Å². The van der Waals surface area contributed by atoms with Crippen LogP contribution in [0.5, 0.6) is 0 Å². The van der Waals surface area contributed by atoms with E-state index >= 15 is 0 Å². The fourth-order valence-electron chi connectivity index (χ4n) is 24.0. The van der Waals surface area contributed by atoms with Gasteiger partial charge in [0, 0.05) is 110 Å². The second-order valence-corrected chi connectivity index (χ2v) is 38.7. The molecular formula is C133H83N9. The van der Waals surface area contributed by atoms with Crippen molar-refractivity contribution in [1.29, 1.82) is 0 Å². The van der Waals surface area contributed by atoms with Crippen LogP contribution in [0.4, 0.5) is 0 Å². The third kappa shape index (κ3) is 12.0. The maximum absolute atomic E-state index is 5.50. The summed E-state index contributed by atoms with van der Waals surface area (Å²) in [5, 5.41) is 26.6. The molecule has 23 aromatic carbocycles. The van der Waals surface area contributed by atoms with Crippen LogP contribution in [0.3, 0.4) is 0 Å². The zero-order valence-electron chi connectivity index (χ0n) is 77.5. The lowest BCUT2D eigenvalue weighted by molar-refractivity contribution is 0.660. The lowest BCUT2D eigenvalue weighted by atomic mass is 9.82. The lowest BCUT2D eigenvalue weighted by Crippen LogP contribution is -2.14. The summed E-state index contributed by atoms with van der Waals surface area (Å²) in [6, 6.07) is 171. The lowest BCUT2D eigenvalue weighted by Gasteiger charge is -2.21. The van der Waals surface area contributed by atoms with Gasteiger partial charge in [-0.25, -0.2) is 19.9 Å². The molecule has 1 aliphatic rings. The summed E-state index contributed by atoms with van der Waals surface area (Å²) in [6.07, 6.45) is 0. The standard InChI is InChI=1S/C68H41N5.C65H42N4/c1-2-21-48(22-3-1)71-61-29-13-9-24-53(61)66-54(25-15-31-62(66)71)68-67(69-57-26-10-11-27-58(57)70-68)47-32-34-50-46(36-47)20-14-30-59(50)73-64-40-45-19-7-5-17-43(45)38-56(64)52-35-33-49(41-65(52)73)72-60-28-12-8-23-51(60)55-37-42-16-4-6-18-44(42)39-63(55)72;1-65(2)54-21-9-7-19-50(54)62-51(20-13-22-55(62)65)64-63(66-56-23-10-11-24-57(56)67-64)45-27-26-44-33-46(29-28-43(44)32-45)69-60-37-42-17-6-4-15-40(42)35-53(60)49-31-30-47(38-61(49)69)68-58-25-12-8-18-48(58)52-34-39-14-3-5-16-41(39)36-59(52)68/h1-41H;3-38H,1-2H3. The molecule has 0 saturated heterocycles. The maximum atomic E-state index is 5.50. The van der Waals surface area contributed by atoms with E-state index in [-0.39, 0.29) is 5.41 Å². The van der Waals surface area contributed by atoms with Crippen molar-refractivity contribution in [3.05, 3.63) is 478 Å². The van der Waals surface area contributed by atoms with Gasteiger partial charge in [-0.2, -0.15) is 0 Å². The molecule has 31 rings (SSSR count). The fraction of sp³-hybridized carbons (Fsp3) is 0.0226. The van der Waals surface area contributed by atoms with Gasteiger partial charge in [0.15, 0.2) is 0 Å². The molecule has 9 heteroatoms. The van der Waals surface area contributed by atoms with Gasteiger partial charge < -0.3 is 22.8 Å². The number of aromatic nitrogens is 9. The molecule has 0 spiro atoms. The molecule has 7 heterocycles. The minimum atomic E-state index is -0.127. The molecule has 1 aliphatic carbocycles. The number of rotatable bonds is 9. The average Bonchev–Trinajstić information content (AvgIpc) is 1.56. The van der Waals surface area contributed by atoms with Gasteiger partial charge in [0.05, 0.1) is 106 Å². The third-order valence-corrected chi connectivity index (χ3v) is 30.5. The molecule has 0 radical (unpaired) electrons. The first kappa shape index (κ1) is 79.5. The molecule has 0 aliphatic heterocycles. The van der Waals surface area contributed by atoms with E-state index in [0.29, 0.717) is 0 Å². The van der Waals surface area contributed by atoms with Crippen LogP contribution in [-0.2, 0) is 5.41 Å². The van der Waals surface area contributed by atoms with Crippen LogP contribution >= 0.6 is 0 Å². The first-order valence-electron chi connectivity index (χ1n) is 48.9. The van der Waals surface area contributed by atoms with Crippen LogP contribution in [0.15, 0.2) is 467 Å². The van der Waals surface area contributed by atoms with Gasteiger partial charge >= 0.3 is 0 Å². The van der Waals surface area contributed by atoms with Crippen LogP contribution in [0, 0.1) is 0 Å². The second kappa shape index (κ2) is 30.7. The van der Waals surface area contributed by atoms with Crippen LogP contribution in [0.2, 0.25) is 0 Å². The molecule has 142 heavy (non-hydrogen) atoms. The van der Waals surface area contributed by atoms with Crippen molar-refractivity contribution in [2.24, 2.45) is 0 Å². The average molecular weight is 1810 g/mol. The van der Waals surface area contributed by atoms with E-state index in [9.17, 15) is 0 Å². The van der Waals surface area contributed by atoms with Crippen LogP contribution in [-0.4, -0.2) is 42.8 Å². The first-order valence-corrected chi connectivity index (χ1v) is 48.9. The summed E-state index contributed by atoms with van der Waals surface area (Å²) in [5.41, 5.74) is 33.6. The monoisotopic (exact) mass is 1810 g/mol. The topological polar surface area (TPSA) is 76.2 Å². The van der Waals surface area contributed by atoms with Gasteiger partial charge in [-0.15, -0.1) is 0 Å². The van der Waals surface area contributed by atoms with E-state index in [1.807, 2.05) is 24.3 Å². The summed E-state index contributed by atoms with van der Waals surface area (Å²) < 4.78 is 12.2. The number of para-hydroxylation sites is 8. The van der Waals surface area contributed by atoms with E-state index < -0.39 is 0 Å². The predicted octanol–water partition coefficient (Wildman–Crippen LogP) is 34.6. The van der Waals surface area contributed by atoms with Gasteiger partial charge in [-0.05, 0) is 245 Å². The summed E-state index contributed by atoms with van der Waals surface area (Å²) >= 11 is 0. The van der Waals surface area contributed by atoms with Gasteiger partial charge in [0.25, 0.3) is 0 Å². The zero-order valence-corrected chi connectivity index (χ0v) is 77.5. The van der Waals surface area contributed by atoms with Crippen LogP contribution < -0.4 is 0 Å². The molecule has 30 aromatic rings. The zero-order chi connectivity index (χ0) is 93.3. The predicted molar refractivity (Wildman–Crippen MR) is 595 cm³/mol. The van der Waals surface area contributed by atoms with E-state index in [0.717, 1.165) is 145 Å². The summed E-state index contributed by atoms with van der Waals surface area (Å²) in [6.45, 7) is 4.67. The Kier molecular flexibility index (Phi) is 17.2. The Morgan fingerprint density at radius 1 is 0.176 bits per heavy atom. The first-order chi connectivity index (χ1) is 70.1. The summed E-state index contributed by atoms with van der Waals surface area (Å²) in [5.74, 6) is 0. The Morgan fingerprint density at radius 3 is 1.06 bits per heavy atom. The summed E-state index contributed by atoms with van der Waals surface area (Å²) in [7, 11) is 0. The quantitative estimate of drug-likeness (QED) is 0.144. The van der Waals surface area contributed by atoms with Crippen LogP contribution in [0.1, 0.15) is 25.0 Å². The van der Waals surface area contributed by atoms with Gasteiger partial charge in [0.1, 0.15) is 0 Å². The molecule has 0 unspecified atom stereocenters. The van der Waals surface area contributed by atoms with Gasteiger partial charge in [0.2, 0.25) is 0 Å². The number of benzene rings is 23. The van der Waals surface area contributed by atoms with Gasteiger partial charge in [-0.1, -0.05) is 317 Å².